The topological polar surface area (TPSA) is 103 Å². The minimum Gasteiger partial charge on any atom is -0.493 e. The third-order valence-electron chi connectivity index (χ3n) is 4.55. The minimum absolute atomic E-state index is 0.108. The molecular weight excluding hydrogens is 398 g/mol. The highest BCUT2D eigenvalue weighted by molar-refractivity contribution is 5.94. The van der Waals surface area contributed by atoms with Crippen LogP contribution in [0.2, 0.25) is 0 Å². The number of hydrogen-bond donors (Lipinski definition) is 0. The number of hydrogen-bond acceptors (Lipinski definition) is 7. The van der Waals surface area contributed by atoms with Gasteiger partial charge in [0.05, 0.1) is 24.2 Å². The maximum Gasteiger partial charge on any atom is 0.344 e. The van der Waals surface area contributed by atoms with Gasteiger partial charge in [0.1, 0.15) is 18.2 Å². The smallest absolute Gasteiger partial charge is 0.344 e. The molecule has 0 aliphatic carbocycles. The summed E-state index contributed by atoms with van der Waals surface area (Å²) < 4.78 is 17.6. The summed E-state index contributed by atoms with van der Waals surface area (Å²) >= 11 is 0. The molecule has 0 unspecified atom stereocenters. The van der Waals surface area contributed by atoms with E-state index in [2.05, 4.69) is 11.2 Å². The van der Waals surface area contributed by atoms with Crippen molar-refractivity contribution in [3.63, 3.8) is 0 Å². The first-order chi connectivity index (χ1) is 14.9. The van der Waals surface area contributed by atoms with Gasteiger partial charge in [-0.15, -0.1) is 0 Å². The van der Waals surface area contributed by atoms with Crippen LogP contribution in [0.15, 0.2) is 48.5 Å². The van der Waals surface area contributed by atoms with Crippen LogP contribution in [0.1, 0.15) is 34.2 Å². The van der Waals surface area contributed by atoms with E-state index in [-0.39, 0.29) is 19.0 Å². The van der Waals surface area contributed by atoms with E-state index in [4.69, 9.17) is 14.2 Å². The zero-order valence-electron chi connectivity index (χ0n) is 17.4. The molecule has 2 aromatic carbocycles. The molecule has 0 saturated heterocycles. The van der Waals surface area contributed by atoms with Gasteiger partial charge in [-0.25, -0.2) is 9.48 Å². The second kappa shape index (κ2) is 9.59. The van der Waals surface area contributed by atoms with E-state index in [1.54, 1.807) is 29.8 Å². The molecule has 0 radical (unpaired) electrons. The molecule has 158 valence electrons. The Hall–Kier alpha value is -4.12. The molecule has 0 spiro atoms. The van der Waals surface area contributed by atoms with E-state index in [0.717, 1.165) is 5.69 Å². The fourth-order valence-corrected chi connectivity index (χ4v) is 2.97. The largest absolute Gasteiger partial charge is 0.493 e. The van der Waals surface area contributed by atoms with E-state index < -0.39 is 5.97 Å². The Morgan fingerprint density at radius 1 is 1.13 bits per heavy atom. The van der Waals surface area contributed by atoms with Crippen molar-refractivity contribution in [2.24, 2.45) is 0 Å². The fourth-order valence-electron chi connectivity index (χ4n) is 2.97. The zero-order chi connectivity index (χ0) is 22.4. The zero-order valence-corrected chi connectivity index (χ0v) is 17.4. The second-order valence-electron chi connectivity index (χ2n) is 6.64. The number of para-hydroxylation sites is 1. The van der Waals surface area contributed by atoms with Crippen LogP contribution in [0.4, 0.5) is 0 Å². The molecule has 1 aromatic heterocycles. The van der Waals surface area contributed by atoms with Gasteiger partial charge in [-0.2, -0.15) is 10.4 Å². The van der Waals surface area contributed by atoms with E-state index in [0.29, 0.717) is 34.0 Å². The predicted octanol–water partition coefficient (Wildman–Crippen LogP) is 3.39. The molecule has 0 aliphatic heterocycles. The van der Waals surface area contributed by atoms with Crippen LogP contribution in [0.25, 0.3) is 5.69 Å². The van der Waals surface area contributed by atoms with Gasteiger partial charge in [-0.05, 0) is 44.2 Å². The number of carbonyl (C=O) groups excluding carboxylic acids is 2. The van der Waals surface area contributed by atoms with E-state index >= 15 is 0 Å². The monoisotopic (exact) mass is 419 g/mol. The summed E-state index contributed by atoms with van der Waals surface area (Å²) in [6, 6.07) is 16.1. The number of aryl methyl sites for hydroxylation is 1. The average Bonchev–Trinajstić information content (AvgIpc) is 3.11. The van der Waals surface area contributed by atoms with E-state index in [9.17, 15) is 14.9 Å². The van der Waals surface area contributed by atoms with E-state index in [1.807, 2.05) is 30.3 Å². The summed E-state index contributed by atoms with van der Waals surface area (Å²) in [6.45, 7) is 2.67. The van der Waals surface area contributed by atoms with Crippen molar-refractivity contribution >= 4 is 11.8 Å². The molecule has 0 saturated carbocycles. The molecule has 0 atom stereocenters. The average molecular weight is 419 g/mol. The summed E-state index contributed by atoms with van der Waals surface area (Å²) in [5.41, 5.74) is 2.61. The standard InChI is InChI=1S/C23H21N3O5/c1-15-19(12-24)20(26(25-15)18-7-5-4-6-8-18)13-31-23(28)14-30-21-10-9-17(16(2)27)11-22(21)29-3/h4-11H,13-14H2,1-3H3. The number of ketones is 1. The molecule has 8 heteroatoms. The number of benzene rings is 2. The Bertz CT molecular complexity index is 1150. The van der Waals surface area contributed by atoms with Gasteiger partial charge in [-0.3, -0.25) is 4.79 Å². The molecule has 8 nitrogen and oxygen atoms in total. The van der Waals surface area contributed by atoms with Crippen molar-refractivity contribution in [2.75, 3.05) is 13.7 Å². The summed E-state index contributed by atoms with van der Waals surface area (Å²) in [4.78, 5) is 23.8. The highest BCUT2D eigenvalue weighted by atomic mass is 16.6. The summed E-state index contributed by atoms with van der Waals surface area (Å²) in [5.74, 6) is -0.0830. The number of Topliss-reactive ketones (excluding diaryl/α,β-unsaturated/α-hetero) is 1. The summed E-state index contributed by atoms with van der Waals surface area (Å²) in [7, 11) is 1.45. The van der Waals surface area contributed by atoms with Crippen molar-refractivity contribution in [3.8, 4) is 23.3 Å². The number of methoxy groups -OCH3 is 1. The maximum atomic E-state index is 12.3. The fraction of sp³-hybridized carbons (Fsp3) is 0.217. The lowest BCUT2D eigenvalue weighted by atomic mass is 10.1. The lowest BCUT2D eigenvalue weighted by molar-refractivity contribution is -0.147. The number of nitrogens with zero attached hydrogens (tertiary/aromatic N) is 3. The quantitative estimate of drug-likeness (QED) is 0.407. The van der Waals surface area contributed by atoms with Crippen LogP contribution in [0.5, 0.6) is 11.5 Å². The van der Waals surface area contributed by atoms with Gasteiger partial charge < -0.3 is 14.2 Å². The second-order valence-corrected chi connectivity index (χ2v) is 6.64. The molecular formula is C23H21N3O5. The van der Waals surface area contributed by atoms with Crippen LogP contribution < -0.4 is 9.47 Å². The van der Waals surface area contributed by atoms with Gasteiger partial charge in [0, 0.05) is 5.56 Å². The number of carbonyl (C=O) groups is 2. The van der Waals surface area contributed by atoms with Crippen LogP contribution >= 0.6 is 0 Å². The molecule has 0 bridgehead atoms. The molecule has 3 aromatic rings. The first kappa shape index (κ1) is 21.6. The SMILES string of the molecule is COc1cc(C(C)=O)ccc1OCC(=O)OCc1c(C#N)c(C)nn1-c1ccccc1. The maximum absolute atomic E-state index is 12.3. The lowest BCUT2D eigenvalue weighted by Gasteiger charge is -2.12. The first-order valence-corrected chi connectivity index (χ1v) is 9.46. The Balaban J connectivity index is 1.70. The predicted molar refractivity (Wildman–Crippen MR) is 111 cm³/mol. The van der Waals surface area contributed by atoms with Gasteiger partial charge in [0.2, 0.25) is 0 Å². The Labute approximate surface area is 179 Å². The molecule has 0 aliphatic rings. The van der Waals surface area contributed by atoms with Crippen molar-refractivity contribution < 1.29 is 23.8 Å². The normalized spacial score (nSPS) is 10.3. The summed E-state index contributed by atoms with van der Waals surface area (Å²) in [6.07, 6.45) is 0. The molecule has 0 fully saturated rings. The first-order valence-electron chi connectivity index (χ1n) is 9.46. The van der Waals surface area contributed by atoms with Crippen molar-refractivity contribution in [1.82, 2.24) is 9.78 Å². The molecule has 0 amide bonds. The number of ether oxygens (including phenoxy) is 3. The third-order valence-corrected chi connectivity index (χ3v) is 4.55. The van der Waals surface area contributed by atoms with Gasteiger partial charge in [0.15, 0.2) is 23.9 Å². The van der Waals surface area contributed by atoms with Crippen molar-refractivity contribution in [2.45, 2.75) is 20.5 Å². The van der Waals surface area contributed by atoms with Crippen molar-refractivity contribution in [1.29, 1.82) is 5.26 Å². The Morgan fingerprint density at radius 3 is 2.52 bits per heavy atom. The Morgan fingerprint density at radius 2 is 1.87 bits per heavy atom. The minimum atomic E-state index is -0.625. The number of nitriles is 1. The highest BCUT2D eigenvalue weighted by Crippen LogP contribution is 2.28. The number of rotatable bonds is 8. The molecule has 0 N–H and O–H groups in total. The van der Waals surface area contributed by atoms with Crippen LogP contribution in [-0.2, 0) is 16.1 Å². The third kappa shape index (κ3) is 4.90. The van der Waals surface area contributed by atoms with Gasteiger partial charge >= 0.3 is 5.97 Å². The van der Waals surface area contributed by atoms with E-state index in [1.165, 1.54) is 14.0 Å². The molecule has 3 rings (SSSR count). The van der Waals surface area contributed by atoms with Crippen molar-refractivity contribution in [3.05, 3.63) is 71.0 Å². The van der Waals surface area contributed by atoms with Crippen LogP contribution in [0.3, 0.4) is 0 Å². The van der Waals surface area contributed by atoms with Gasteiger partial charge in [-0.1, -0.05) is 18.2 Å². The Kier molecular flexibility index (Phi) is 6.67. The lowest BCUT2D eigenvalue weighted by Crippen LogP contribution is -2.16. The number of aromatic nitrogens is 2. The highest BCUT2D eigenvalue weighted by Gasteiger charge is 2.18. The van der Waals surface area contributed by atoms with Gasteiger partial charge in [0.25, 0.3) is 0 Å². The van der Waals surface area contributed by atoms with Crippen LogP contribution in [-0.4, -0.2) is 35.2 Å². The summed E-state index contributed by atoms with van der Waals surface area (Å²) in [5, 5.41) is 13.9. The molecule has 31 heavy (non-hydrogen) atoms. The number of esters is 1. The van der Waals surface area contributed by atoms with Crippen LogP contribution in [0, 0.1) is 18.3 Å². The molecule has 1 heterocycles.